The van der Waals surface area contributed by atoms with Crippen LogP contribution in [-0.4, -0.2) is 31.4 Å². The number of amides is 2. The molecule has 0 spiro atoms. The fourth-order valence-electron chi connectivity index (χ4n) is 1.55. The molecule has 0 saturated carbocycles. The molecule has 5 heteroatoms. The Labute approximate surface area is 107 Å². The molecule has 1 atom stereocenters. The van der Waals surface area contributed by atoms with Crippen molar-refractivity contribution in [1.29, 1.82) is 0 Å². The molecule has 1 unspecified atom stereocenters. The quantitative estimate of drug-likeness (QED) is 0.689. The molecule has 0 radical (unpaired) electrons. The minimum absolute atomic E-state index is 0.219. The molecule has 0 aliphatic heterocycles. The third-order valence-corrected chi connectivity index (χ3v) is 2.64. The molecule has 98 valence electrons. The second-order valence-electron chi connectivity index (χ2n) is 4.04. The van der Waals surface area contributed by atoms with Crippen molar-refractivity contribution in [2.75, 3.05) is 13.6 Å². The van der Waals surface area contributed by atoms with Crippen molar-refractivity contribution in [3.63, 3.8) is 0 Å². The first-order valence-corrected chi connectivity index (χ1v) is 5.90. The molecule has 0 saturated heterocycles. The fraction of sp³-hybridized carbons (Fsp3) is 0.385. The van der Waals surface area contributed by atoms with Crippen molar-refractivity contribution in [3.05, 3.63) is 35.4 Å². The maximum Gasteiger partial charge on any atom is 0.251 e. The topological polar surface area (TPSA) is 84.2 Å². The van der Waals surface area contributed by atoms with Gasteiger partial charge in [0.25, 0.3) is 5.91 Å². The van der Waals surface area contributed by atoms with Gasteiger partial charge < -0.3 is 16.4 Å². The van der Waals surface area contributed by atoms with Crippen molar-refractivity contribution >= 4 is 11.8 Å². The number of nitrogens with two attached hydrogens (primary N) is 1. The first-order chi connectivity index (χ1) is 8.58. The van der Waals surface area contributed by atoms with Gasteiger partial charge in [-0.25, -0.2) is 0 Å². The van der Waals surface area contributed by atoms with E-state index in [1.807, 2.05) is 12.1 Å². The Morgan fingerprint density at radius 2 is 1.89 bits per heavy atom. The molecule has 2 amide bonds. The van der Waals surface area contributed by atoms with Crippen LogP contribution in [0.15, 0.2) is 24.3 Å². The second-order valence-corrected chi connectivity index (χ2v) is 4.04. The Balaban J connectivity index is 2.64. The maximum absolute atomic E-state index is 11.8. The van der Waals surface area contributed by atoms with Gasteiger partial charge in [-0.05, 0) is 37.6 Å². The number of hydrogen-bond acceptors (Lipinski definition) is 3. The van der Waals surface area contributed by atoms with Gasteiger partial charge in [0.05, 0.1) is 0 Å². The third-order valence-electron chi connectivity index (χ3n) is 2.64. The van der Waals surface area contributed by atoms with Crippen LogP contribution >= 0.6 is 0 Å². The number of benzene rings is 1. The van der Waals surface area contributed by atoms with Crippen LogP contribution < -0.4 is 16.4 Å². The molecule has 5 nitrogen and oxygen atoms in total. The van der Waals surface area contributed by atoms with Crippen molar-refractivity contribution in [2.45, 2.75) is 19.4 Å². The van der Waals surface area contributed by atoms with Crippen LogP contribution in [-0.2, 0) is 11.2 Å². The third kappa shape index (κ3) is 3.85. The molecule has 0 heterocycles. The van der Waals surface area contributed by atoms with Gasteiger partial charge in [0.15, 0.2) is 0 Å². The summed E-state index contributed by atoms with van der Waals surface area (Å²) < 4.78 is 0. The van der Waals surface area contributed by atoms with Crippen LogP contribution in [0.1, 0.15) is 22.8 Å². The smallest absolute Gasteiger partial charge is 0.251 e. The van der Waals surface area contributed by atoms with E-state index in [1.54, 1.807) is 19.1 Å². The van der Waals surface area contributed by atoms with E-state index in [0.717, 1.165) is 12.0 Å². The highest BCUT2D eigenvalue weighted by molar-refractivity contribution is 5.97. The normalized spacial score (nSPS) is 11.7. The highest BCUT2D eigenvalue weighted by atomic mass is 16.2. The van der Waals surface area contributed by atoms with E-state index >= 15 is 0 Å². The van der Waals surface area contributed by atoms with Crippen LogP contribution in [0.25, 0.3) is 0 Å². The van der Waals surface area contributed by atoms with E-state index in [1.165, 1.54) is 7.05 Å². The molecule has 1 aromatic rings. The van der Waals surface area contributed by atoms with Crippen molar-refractivity contribution in [1.82, 2.24) is 10.6 Å². The van der Waals surface area contributed by atoms with Gasteiger partial charge >= 0.3 is 0 Å². The number of rotatable bonds is 5. The number of carbonyl (C=O) groups excluding carboxylic acids is 2. The van der Waals surface area contributed by atoms with Crippen LogP contribution in [0.4, 0.5) is 0 Å². The van der Waals surface area contributed by atoms with Gasteiger partial charge in [-0.3, -0.25) is 9.59 Å². The lowest BCUT2D eigenvalue weighted by Crippen LogP contribution is -2.43. The summed E-state index contributed by atoms with van der Waals surface area (Å²) in [6, 6.07) is 6.65. The Morgan fingerprint density at radius 1 is 1.28 bits per heavy atom. The summed E-state index contributed by atoms with van der Waals surface area (Å²) >= 11 is 0. The second kappa shape index (κ2) is 6.76. The van der Waals surface area contributed by atoms with E-state index < -0.39 is 6.04 Å². The number of nitrogens with one attached hydrogen (secondary N) is 2. The highest BCUT2D eigenvalue weighted by Gasteiger charge is 2.14. The lowest BCUT2D eigenvalue weighted by Gasteiger charge is -2.12. The number of likely N-dealkylation sites (N-methyl/N-ethyl adjacent to an activating group) is 1. The molecule has 1 aromatic carbocycles. The Hall–Kier alpha value is -1.88. The Bertz CT molecular complexity index is 415. The van der Waals surface area contributed by atoms with Crippen LogP contribution in [0.2, 0.25) is 0 Å². The standard InChI is InChI=1S/C13H19N3O2/c1-9(12(17)15-2)16-13(18)11-5-3-10(4-6-11)7-8-14/h3-6,9H,7-8,14H2,1-2H3,(H,15,17)(H,16,18). The highest BCUT2D eigenvalue weighted by Crippen LogP contribution is 2.05. The minimum atomic E-state index is -0.550. The molecule has 18 heavy (non-hydrogen) atoms. The first kappa shape index (κ1) is 14.2. The van der Waals surface area contributed by atoms with Crippen molar-refractivity contribution in [3.8, 4) is 0 Å². The SMILES string of the molecule is CNC(=O)C(C)NC(=O)c1ccc(CCN)cc1. The average molecular weight is 249 g/mol. The zero-order chi connectivity index (χ0) is 13.5. The lowest BCUT2D eigenvalue weighted by molar-refractivity contribution is -0.122. The minimum Gasteiger partial charge on any atom is -0.357 e. The summed E-state index contributed by atoms with van der Waals surface area (Å²) in [6.45, 7) is 2.22. The Morgan fingerprint density at radius 3 is 2.39 bits per heavy atom. The van der Waals surface area contributed by atoms with Gasteiger partial charge in [-0.2, -0.15) is 0 Å². The zero-order valence-corrected chi connectivity index (χ0v) is 10.7. The van der Waals surface area contributed by atoms with E-state index in [9.17, 15) is 9.59 Å². The van der Waals surface area contributed by atoms with Crippen molar-refractivity contribution in [2.24, 2.45) is 5.73 Å². The fourth-order valence-corrected chi connectivity index (χ4v) is 1.55. The summed E-state index contributed by atoms with van der Waals surface area (Å²) in [7, 11) is 1.53. The predicted molar refractivity (Wildman–Crippen MR) is 70.2 cm³/mol. The van der Waals surface area contributed by atoms with E-state index in [4.69, 9.17) is 5.73 Å². The molecular weight excluding hydrogens is 230 g/mol. The number of hydrogen-bond donors (Lipinski definition) is 3. The molecular formula is C13H19N3O2. The van der Waals surface area contributed by atoms with Gasteiger partial charge in [-0.15, -0.1) is 0 Å². The molecule has 0 aliphatic carbocycles. The Kier molecular flexibility index (Phi) is 5.32. The monoisotopic (exact) mass is 249 g/mol. The molecule has 1 rings (SSSR count). The molecule has 0 fully saturated rings. The number of carbonyl (C=O) groups is 2. The summed E-state index contributed by atoms with van der Waals surface area (Å²) in [5, 5.41) is 5.10. The lowest BCUT2D eigenvalue weighted by atomic mass is 10.1. The zero-order valence-electron chi connectivity index (χ0n) is 10.7. The van der Waals surface area contributed by atoms with Crippen LogP contribution in [0.3, 0.4) is 0 Å². The van der Waals surface area contributed by atoms with E-state index in [-0.39, 0.29) is 11.8 Å². The average Bonchev–Trinajstić information content (AvgIpc) is 2.38. The summed E-state index contributed by atoms with van der Waals surface area (Å²) in [6.07, 6.45) is 0.788. The first-order valence-electron chi connectivity index (χ1n) is 5.90. The maximum atomic E-state index is 11.8. The van der Waals surface area contributed by atoms with Gasteiger partial charge in [0.1, 0.15) is 6.04 Å². The summed E-state index contributed by atoms with van der Waals surface area (Å²) in [5.74, 6) is -0.478. The van der Waals surface area contributed by atoms with Crippen LogP contribution in [0.5, 0.6) is 0 Å². The van der Waals surface area contributed by atoms with E-state index in [0.29, 0.717) is 12.1 Å². The molecule has 0 aliphatic rings. The van der Waals surface area contributed by atoms with Crippen molar-refractivity contribution < 1.29 is 9.59 Å². The predicted octanol–water partition coefficient (Wildman–Crippen LogP) is 0.0521. The summed E-state index contributed by atoms with van der Waals surface area (Å²) in [5.41, 5.74) is 7.07. The van der Waals surface area contributed by atoms with Gasteiger partial charge in [0.2, 0.25) is 5.91 Å². The summed E-state index contributed by atoms with van der Waals surface area (Å²) in [4.78, 5) is 23.1. The largest absolute Gasteiger partial charge is 0.357 e. The van der Waals surface area contributed by atoms with E-state index in [2.05, 4.69) is 10.6 Å². The molecule has 0 bridgehead atoms. The molecule has 4 N–H and O–H groups in total. The van der Waals surface area contributed by atoms with Gasteiger partial charge in [0, 0.05) is 12.6 Å². The van der Waals surface area contributed by atoms with Gasteiger partial charge in [-0.1, -0.05) is 12.1 Å². The van der Waals surface area contributed by atoms with Crippen LogP contribution in [0, 0.1) is 0 Å². The molecule has 0 aromatic heterocycles.